The number of hydrogen-bond donors (Lipinski definition) is 3. The fourth-order valence-electron chi connectivity index (χ4n) is 4.12. The molecule has 0 saturated heterocycles. The van der Waals surface area contributed by atoms with Crippen molar-refractivity contribution in [2.24, 2.45) is 4.99 Å². The number of amides is 1. The summed E-state index contributed by atoms with van der Waals surface area (Å²) < 4.78 is 0. The van der Waals surface area contributed by atoms with Gasteiger partial charge in [-0.1, -0.05) is 43.0 Å². The number of carbonyl (C=O) groups is 1. The Morgan fingerprint density at radius 2 is 1.96 bits per heavy atom. The monoisotopic (exact) mass is 396 g/mol. The van der Waals surface area contributed by atoms with E-state index in [1.807, 2.05) is 42.5 Å². The van der Waals surface area contributed by atoms with Crippen LogP contribution in [0, 0.1) is 0 Å². The van der Waals surface area contributed by atoms with Gasteiger partial charge in [-0.15, -0.1) is 0 Å². The van der Waals surface area contributed by atoms with E-state index in [1.165, 1.54) is 26.2 Å². The number of carbonyl (C=O) groups excluding carboxylic acids is 1. The van der Waals surface area contributed by atoms with E-state index in [-0.39, 0.29) is 11.4 Å². The normalized spacial score (nSPS) is 18.9. The summed E-state index contributed by atoms with van der Waals surface area (Å²) in [4.78, 5) is 16.4. The van der Waals surface area contributed by atoms with Gasteiger partial charge in [-0.3, -0.25) is 9.79 Å². The van der Waals surface area contributed by atoms with Gasteiger partial charge in [0.15, 0.2) is 0 Å². The average molecular weight is 397 g/mol. The molecule has 1 aliphatic heterocycles. The molecule has 3 N–H and O–H groups in total. The molecule has 2 aliphatic rings. The highest BCUT2D eigenvalue weighted by Gasteiger charge is 2.40. The van der Waals surface area contributed by atoms with Crippen molar-refractivity contribution in [1.29, 1.82) is 0 Å². The lowest BCUT2D eigenvalue weighted by molar-refractivity contribution is -0.114. The van der Waals surface area contributed by atoms with Gasteiger partial charge in [-0.2, -0.15) is 0 Å². The van der Waals surface area contributed by atoms with Gasteiger partial charge < -0.3 is 16.0 Å². The largest absolute Gasteiger partial charge is 0.371 e. The number of aliphatic imine (C=N–C) groups is 1. The molecule has 0 atom stereocenters. The van der Waals surface area contributed by atoms with Gasteiger partial charge in [0.2, 0.25) is 5.91 Å². The number of anilines is 3. The Morgan fingerprint density at radius 1 is 1.14 bits per heavy atom. The summed E-state index contributed by atoms with van der Waals surface area (Å²) in [5.74, 6) is 0.891. The van der Waals surface area contributed by atoms with Crippen LogP contribution in [0.3, 0.4) is 0 Å². The van der Waals surface area contributed by atoms with E-state index in [4.69, 9.17) is 16.6 Å². The molecule has 0 aromatic heterocycles. The van der Waals surface area contributed by atoms with Crippen molar-refractivity contribution < 1.29 is 4.79 Å². The number of fused-ring (bicyclic) bond motifs is 1. The summed E-state index contributed by atoms with van der Waals surface area (Å²) in [6, 6.07) is 13.7. The van der Waals surface area contributed by atoms with Crippen molar-refractivity contribution >= 4 is 40.4 Å². The van der Waals surface area contributed by atoms with Gasteiger partial charge in [0, 0.05) is 17.6 Å². The number of halogens is 1. The Hall–Kier alpha value is -2.53. The maximum atomic E-state index is 11.4. The zero-order valence-electron chi connectivity index (χ0n) is 16.0. The minimum Gasteiger partial charge on any atom is -0.371 e. The van der Waals surface area contributed by atoms with Gasteiger partial charge in [0.1, 0.15) is 5.84 Å². The predicted octanol–water partition coefficient (Wildman–Crippen LogP) is 5.44. The first-order valence-electron chi connectivity index (χ1n) is 9.80. The lowest BCUT2D eigenvalue weighted by atomic mass is 9.79. The van der Waals surface area contributed by atoms with Crippen molar-refractivity contribution in [3.8, 4) is 0 Å². The SMILES string of the molecule is CC(=O)Nc1ccc2c(c1)NC(=NCc1cccc(Cl)c1)C1(CCCCC1)N2. The molecule has 2 aromatic rings. The molecule has 0 unspecified atom stereocenters. The van der Waals surface area contributed by atoms with Gasteiger partial charge in [-0.05, 0) is 48.7 Å². The molecule has 4 rings (SSSR count). The molecule has 0 radical (unpaired) electrons. The minimum atomic E-state index is -0.153. The van der Waals surface area contributed by atoms with Crippen LogP contribution in [0.15, 0.2) is 47.5 Å². The van der Waals surface area contributed by atoms with Gasteiger partial charge in [0.05, 0.1) is 23.5 Å². The average Bonchev–Trinajstić information content (AvgIpc) is 2.67. The van der Waals surface area contributed by atoms with Crippen LogP contribution in [0.1, 0.15) is 44.6 Å². The summed E-state index contributed by atoms with van der Waals surface area (Å²) in [6.07, 6.45) is 5.75. The summed E-state index contributed by atoms with van der Waals surface area (Å²) in [6.45, 7) is 2.09. The molecule has 2 aromatic carbocycles. The Labute approximate surface area is 170 Å². The number of amidine groups is 1. The molecule has 5 nitrogen and oxygen atoms in total. The van der Waals surface area contributed by atoms with Crippen molar-refractivity contribution in [3.63, 3.8) is 0 Å². The van der Waals surface area contributed by atoms with E-state index in [0.717, 1.165) is 46.3 Å². The number of hydrogen-bond acceptors (Lipinski definition) is 3. The number of nitrogens with zero attached hydrogens (tertiary/aromatic N) is 1. The molecule has 6 heteroatoms. The van der Waals surface area contributed by atoms with Crippen LogP contribution in [0.5, 0.6) is 0 Å². The lowest BCUT2D eigenvalue weighted by Crippen LogP contribution is -2.53. The van der Waals surface area contributed by atoms with Crippen molar-refractivity contribution in [3.05, 3.63) is 53.1 Å². The molecular weight excluding hydrogens is 372 g/mol. The fraction of sp³-hybridized carbons (Fsp3) is 0.364. The van der Waals surface area contributed by atoms with E-state index in [0.29, 0.717) is 6.54 Å². The maximum Gasteiger partial charge on any atom is 0.221 e. The molecule has 1 amide bonds. The Morgan fingerprint density at radius 3 is 2.71 bits per heavy atom. The molecule has 28 heavy (non-hydrogen) atoms. The molecule has 1 spiro atoms. The molecule has 146 valence electrons. The van der Waals surface area contributed by atoms with Gasteiger partial charge >= 0.3 is 0 Å². The lowest BCUT2D eigenvalue weighted by Gasteiger charge is -2.44. The van der Waals surface area contributed by atoms with Gasteiger partial charge in [0.25, 0.3) is 0 Å². The second-order valence-corrected chi connectivity index (χ2v) is 8.07. The standard InChI is InChI=1S/C22H25ClN4O/c1-15(28)25-18-8-9-19-20(13-18)26-21(22(27-19)10-3-2-4-11-22)24-14-16-6-5-7-17(23)12-16/h5-9,12-13,27H,2-4,10-11,14H2,1H3,(H,24,26)(H,25,28). The van der Waals surface area contributed by atoms with E-state index in [1.54, 1.807) is 0 Å². The summed E-state index contributed by atoms with van der Waals surface area (Å²) in [5.41, 5.74) is 3.70. The highest BCUT2D eigenvalue weighted by molar-refractivity contribution is 6.30. The van der Waals surface area contributed by atoms with Gasteiger partial charge in [-0.25, -0.2) is 0 Å². The maximum absolute atomic E-state index is 11.4. The smallest absolute Gasteiger partial charge is 0.221 e. The quantitative estimate of drug-likeness (QED) is 0.647. The van der Waals surface area contributed by atoms with Crippen molar-refractivity contribution in [2.45, 2.75) is 51.1 Å². The second kappa shape index (κ2) is 7.84. The highest BCUT2D eigenvalue weighted by atomic mass is 35.5. The van der Waals surface area contributed by atoms with E-state index >= 15 is 0 Å². The number of rotatable bonds is 3. The molecule has 1 saturated carbocycles. The molecule has 1 heterocycles. The van der Waals surface area contributed by atoms with Crippen LogP contribution in [0.4, 0.5) is 17.1 Å². The Bertz CT molecular complexity index is 919. The minimum absolute atomic E-state index is 0.0812. The summed E-state index contributed by atoms with van der Waals surface area (Å²) >= 11 is 6.12. The van der Waals surface area contributed by atoms with Crippen molar-refractivity contribution in [1.82, 2.24) is 0 Å². The zero-order chi connectivity index (χ0) is 19.6. The molecule has 0 bridgehead atoms. The molecular formula is C22H25ClN4O. The fourth-order valence-corrected chi connectivity index (χ4v) is 4.33. The first-order valence-corrected chi connectivity index (χ1v) is 10.2. The first-order chi connectivity index (χ1) is 13.5. The van der Waals surface area contributed by atoms with E-state index in [9.17, 15) is 4.79 Å². The Balaban J connectivity index is 1.66. The van der Waals surface area contributed by atoms with Crippen LogP contribution < -0.4 is 16.0 Å². The van der Waals surface area contributed by atoms with Crippen molar-refractivity contribution in [2.75, 3.05) is 16.0 Å². The van der Waals surface area contributed by atoms with E-state index in [2.05, 4.69) is 16.0 Å². The topological polar surface area (TPSA) is 65.5 Å². The highest BCUT2D eigenvalue weighted by Crippen LogP contribution is 2.40. The van der Waals surface area contributed by atoms with Crippen LogP contribution in [0.25, 0.3) is 0 Å². The van der Waals surface area contributed by atoms with Crippen LogP contribution in [-0.4, -0.2) is 17.3 Å². The summed E-state index contributed by atoms with van der Waals surface area (Å²) in [7, 11) is 0. The predicted molar refractivity (Wildman–Crippen MR) is 116 cm³/mol. The third-order valence-electron chi connectivity index (χ3n) is 5.44. The first kappa shape index (κ1) is 18.8. The second-order valence-electron chi connectivity index (χ2n) is 7.63. The number of benzene rings is 2. The third-order valence-corrected chi connectivity index (χ3v) is 5.67. The molecule has 1 fully saturated rings. The van der Waals surface area contributed by atoms with E-state index < -0.39 is 0 Å². The molecule has 1 aliphatic carbocycles. The summed E-state index contributed by atoms with van der Waals surface area (Å²) in [5, 5.41) is 10.9. The van der Waals surface area contributed by atoms with Crippen LogP contribution >= 0.6 is 11.6 Å². The van der Waals surface area contributed by atoms with Crippen LogP contribution in [0.2, 0.25) is 5.02 Å². The number of nitrogens with one attached hydrogen (secondary N) is 3. The zero-order valence-corrected chi connectivity index (χ0v) is 16.8. The van der Waals surface area contributed by atoms with Crippen LogP contribution in [-0.2, 0) is 11.3 Å². The Kier molecular flexibility index (Phi) is 5.27. The third kappa shape index (κ3) is 3.99.